The summed E-state index contributed by atoms with van der Waals surface area (Å²) in [6.45, 7) is 6.35. The highest BCUT2D eigenvalue weighted by molar-refractivity contribution is 5.60. The quantitative estimate of drug-likeness (QED) is 0.481. The Morgan fingerprint density at radius 1 is 1.03 bits per heavy atom. The van der Waals surface area contributed by atoms with Gasteiger partial charge in [-0.1, -0.05) is 19.1 Å². The molecule has 4 rings (SSSR count). The summed E-state index contributed by atoms with van der Waals surface area (Å²) < 4.78 is 0. The summed E-state index contributed by atoms with van der Waals surface area (Å²) in [5.74, 6) is 1.77. The number of hydrogen-bond donors (Lipinski definition) is 1. The zero-order chi connectivity index (χ0) is 21.8. The van der Waals surface area contributed by atoms with E-state index < -0.39 is 4.92 Å². The van der Waals surface area contributed by atoms with Crippen molar-refractivity contribution in [2.24, 2.45) is 0 Å². The number of benzene rings is 2. The van der Waals surface area contributed by atoms with Gasteiger partial charge in [0.25, 0.3) is 5.69 Å². The molecule has 1 aliphatic heterocycles. The van der Waals surface area contributed by atoms with Crippen LogP contribution < -0.4 is 4.90 Å². The number of piperazine rings is 1. The Morgan fingerprint density at radius 3 is 2.42 bits per heavy atom. The lowest BCUT2D eigenvalue weighted by Crippen LogP contribution is -2.46. The van der Waals surface area contributed by atoms with Crippen LogP contribution in [0.25, 0.3) is 11.4 Å². The normalized spacial score (nSPS) is 14.5. The molecule has 8 nitrogen and oxygen atoms in total. The molecule has 1 saturated heterocycles. The molecular formula is C23H25N5O3. The molecule has 1 aromatic heterocycles. The van der Waals surface area contributed by atoms with Crippen molar-refractivity contribution in [2.75, 3.05) is 31.1 Å². The Kier molecular flexibility index (Phi) is 6.08. The van der Waals surface area contributed by atoms with Gasteiger partial charge in [0.1, 0.15) is 11.6 Å². The first-order chi connectivity index (χ1) is 15.0. The van der Waals surface area contributed by atoms with Gasteiger partial charge in [0, 0.05) is 62.2 Å². The molecule has 2 heterocycles. The first kappa shape index (κ1) is 20.7. The Hall–Kier alpha value is -3.52. The second-order valence-corrected chi connectivity index (χ2v) is 7.63. The maximum absolute atomic E-state index is 10.9. The topological polar surface area (TPSA) is 95.6 Å². The van der Waals surface area contributed by atoms with E-state index in [1.165, 1.54) is 12.1 Å². The highest BCUT2D eigenvalue weighted by Crippen LogP contribution is 2.24. The van der Waals surface area contributed by atoms with Crippen LogP contribution in [0.1, 0.15) is 18.2 Å². The highest BCUT2D eigenvalue weighted by Gasteiger charge is 2.20. The molecule has 0 radical (unpaired) electrons. The second kappa shape index (κ2) is 9.09. The third kappa shape index (κ3) is 4.97. The van der Waals surface area contributed by atoms with E-state index in [-0.39, 0.29) is 5.69 Å². The number of nitrogens with zero attached hydrogens (tertiary/aromatic N) is 5. The number of phenols is 1. The minimum Gasteiger partial charge on any atom is -0.508 e. The van der Waals surface area contributed by atoms with Gasteiger partial charge in [0.05, 0.1) is 4.92 Å². The summed E-state index contributed by atoms with van der Waals surface area (Å²) in [4.78, 5) is 24.5. The van der Waals surface area contributed by atoms with E-state index in [0.717, 1.165) is 61.8 Å². The molecule has 1 aliphatic rings. The number of aromatic nitrogens is 2. The average molecular weight is 419 g/mol. The van der Waals surface area contributed by atoms with Crippen LogP contribution in [0.5, 0.6) is 5.75 Å². The molecule has 1 fully saturated rings. The summed E-state index contributed by atoms with van der Waals surface area (Å²) in [5, 5.41) is 20.6. The lowest BCUT2D eigenvalue weighted by Gasteiger charge is -2.35. The zero-order valence-corrected chi connectivity index (χ0v) is 17.4. The van der Waals surface area contributed by atoms with E-state index in [4.69, 9.17) is 4.98 Å². The van der Waals surface area contributed by atoms with Gasteiger partial charge in [-0.15, -0.1) is 0 Å². The van der Waals surface area contributed by atoms with Gasteiger partial charge >= 0.3 is 0 Å². The van der Waals surface area contributed by atoms with E-state index in [0.29, 0.717) is 11.6 Å². The van der Waals surface area contributed by atoms with Crippen LogP contribution in [-0.2, 0) is 13.0 Å². The van der Waals surface area contributed by atoms with Gasteiger partial charge in [-0.3, -0.25) is 15.0 Å². The third-order valence-corrected chi connectivity index (χ3v) is 5.48. The first-order valence-corrected chi connectivity index (χ1v) is 10.4. The Morgan fingerprint density at radius 2 is 1.77 bits per heavy atom. The lowest BCUT2D eigenvalue weighted by atomic mass is 10.1. The van der Waals surface area contributed by atoms with Crippen molar-refractivity contribution in [3.63, 3.8) is 0 Å². The molecule has 1 N–H and O–H groups in total. The van der Waals surface area contributed by atoms with Gasteiger partial charge in [-0.05, 0) is 36.2 Å². The molecule has 0 spiro atoms. The number of aryl methyl sites for hydroxylation is 1. The fourth-order valence-corrected chi connectivity index (χ4v) is 3.74. The van der Waals surface area contributed by atoms with Crippen molar-refractivity contribution in [3.8, 4) is 17.1 Å². The molecule has 0 bridgehead atoms. The number of nitro groups is 1. The van der Waals surface area contributed by atoms with Crippen LogP contribution >= 0.6 is 0 Å². The van der Waals surface area contributed by atoms with Crippen molar-refractivity contribution in [1.82, 2.24) is 14.9 Å². The fourth-order valence-electron chi connectivity index (χ4n) is 3.74. The summed E-state index contributed by atoms with van der Waals surface area (Å²) in [6.07, 6.45) is 0.785. The number of phenolic OH excluding ortho intramolecular Hbond substituents is 1. The molecule has 0 atom stereocenters. The smallest absolute Gasteiger partial charge is 0.269 e. The summed E-state index contributed by atoms with van der Waals surface area (Å²) >= 11 is 0. The van der Waals surface area contributed by atoms with Crippen molar-refractivity contribution in [3.05, 3.63) is 76.0 Å². The molecule has 0 saturated carbocycles. The predicted molar refractivity (Wildman–Crippen MR) is 119 cm³/mol. The minimum atomic E-state index is -0.408. The number of nitro benzene ring substituents is 1. The average Bonchev–Trinajstić information content (AvgIpc) is 2.79. The molecule has 0 unspecified atom stereocenters. The van der Waals surface area contributed by atoms with Crippen LogP contribution in [0.2, 0.25) is 0 Å². The highest BCUT2D eigenvalue weighted by atomic mass is 16.6. The molecule has 0 amide bonds. The van der Waals surface area contributed by atoms with E-state index in [1.807, 2.05) is 18.2 Å². The van der Waals surface area contributed by atoms with Gasteiger partial charge in [-0.25, -0.2) is 9.97 Å². The minimum absolute atomic E-state index is 0.0541. The van der Waals surface area contributed by atoms with E-state index in [9.17, 15) is 15.2 Å². The van der Waals surface area contributed by atoms with E-state index in [1.54, 1.807) is 24.3 Å². The van der Waals surface area contributed by atoms with Gasteiger partial charge in [0.2, 0.25) is 0 Å². The summed E-state index contributed by atoms with van der Waals surface area (Å²) in [6, 6.07) is 15.8. The van der Waals surface area contributed by atoms with Crippen LogP contribution in [0.4, 0.5) is 11.5 Å². The standard InChI is InChI=1S/C23H25N5O3/c1-2-19-15-22(25-23(24-19)18-6-8-20(9-7-18)28(30)31)27-12-10-26(11-13-27)16-17-4-3-5-21(29)14-17/h3-9,14-15,29H,2,10-13,16H2,1H3. The number of non-ortho nitro benzene ring substituents is 1. The summed E-state index contributed by atoms with van der Waals surface area (Å²) in [5.41, 5.74) is 2.87. The molecule has 8 heteroatoms. The predicted octanol–water partition coefficient (Wildman–Crippen LogP) is 3.64. The number of hydrogen-bond acceptors (Lipinski definition) is 7. The molecule has 160 valence electrons. The van der Waals surface area contributed by atoms with Crippen molar-refractivity contribution in [2.45, 2.75) is 19.9 Å². The van der Waals surface area contributed by atoms with E-state index in [2.05, 4.69) is 21.7 Å². The van der Waals surface area contributed by atoms with Crippen LogP contribution in [-0.4, -0.2) is 51.1 Å². The van der Waals surface area contributed by atoms with Crippen LogP contribution in [0.15, 0.2) is 54.6 Å². The summed E-state index contributed by atoms with van der Waals surface area (Å²) in [7, 11) is 0. The van der Waals surface area contributed by atoms with Crippen LogP contribution in [0.3, 0.4) is 0 Å². The second-order valence-electron chi connectivity index (χ2n) is 7.63. The SMILES string of the molecule is CCc1cc(N2CCN(Cc3cccc(O)c3)CC2)nc(-c2ccc([N+](=O)[O-])cc2)n1. The molecule has 0 aliphatic carbocycles. The Bertz CT molecular complexity index is 1060. The number of aromatic hydroxyl groups is 1. The number of anilines is 1. The maximum atomic E-state index is 10.9. The lowest BCUT2D eigenvalue weighted by molar-refractivity contribution is -0.384. The fraction of sp³-hybridized carbons (Fsp3) is 0.304. The zero-order valence-electron chi connectivity index (χ0n) is 17.4. The van der Waals surface area contributed by atoms with E-state index >= 15 is 0 Å². The number of rotatable bonds is 6. The largest absolute Gasteiger partial charge is 0.508 e. The third-order valence-electron chi connectivity index (χ3n) is 5.48. The van der Waals surface area contributed by atoms with Gasteiger partial charge in [-0.2, -0.15) is 0 Å². The molecule has 31 heavy (non-hydrogen) atoms. The first-order valence-electron chi connectivity index (χ1n) is 10.4. The maximum Gasteiger partial charge on any atom is 0.269 e. The molecule has 3 aromatic rings. The van der Waals surface area contributed by atoms with Crippen molar-refractivity contribution >= 4 is 11.5 Å². The van der Waals surface area contributed by atoms with Crippen LogP contribution in [0, 0.1) is 10.1 Å². The Balaban J connectivity index is 1.48. The Labute approximate surface area is 181 Å². The monoisotopic (exact) mass is 419 g/mol. The molecular weight excluding hydrogens is 394 g/mol. The van der Waals surface area contributed by atoms with Crippen molar-refractivity contribution in [1.29, 1.82) is 0 Å². The van der Waals surface area contributed by atoms with Gasteiger partial charge < -0.3 is 10.0 Å². The van der Waals surface area contributed by atoms with Crippen molar-refractivity contribution < 1.29 is 10.0 Å². The molecule has 2 aromatic carbocycles. The van der Waals surface area contributed by atoms with Gasteiger partial charge in [0.15, 0.2) is 5.82 Å².